The van der Waals surface area contributed by atoms with Crippen molar-refractivity contribution in [2.75, 3.05) is 6.54 Å². The largest absolute Gasteiger partial charge is 0.330 e. The first-order chi connectivity index (χ1) is 12.2. The molecule has 3 aromatic rings. The Morgan fingerprint density at radius 2 is 2.24 bits per heavy atom. The SMILES string of the molecule is Cn1nccc1-c1ccc2c(c1)CN([C@H](CN)Cc1cscn1)C2=O. The molecule has 1 amide bonds. The summed E-state index contributed by atoms with van der Waals surface area (Å²) in [5, 5.41) is 6.23. The summed E-state index contributed by atoms with van der Waals surface area (Å²) in [6, 6.07) is 7.91. The summed E-state index contributed by atoms with van der Waals surface area (Å²) in [5.74, 6) is 0.0530. The number of hydrogen-bond donors (Lipinski definition) is 1. The van der Waals surface area contributed by atoms with Crippen LogP contribution in [-0.4, -0.2) is 38.2 Å². The van der Waals surface area contributed by atoms with E-state index in [1.54, 1.807) is 17.5 Å². The van der Waals surface area contributed by atoms with Gasteiger partial charge in [-0.1, -0.05) is 6.07 Å². The number of benzene rings is 1. The van der Waals surface area contributed by atoms with Crippen molar-refractivity contribution in [1.29, 1.82) is 0 Å². The number of rotatable bonds is 5. The minimum Gasteiger partial charge on any atom is -0.330 e. The number of aromatic nitrogens is 3. The van der Waals surface area contributed by atoms with Gasteiger partial charge < -0.3 is 10.6 Å². The highest BCUT2D eigenvalue weighted by molar-refractivity contribution is 7.07. The molecule has 0 spiro atoms. The normalized spacial score (nSPS) is 14.8. The molecule has 0 radical (unpaired) electrons. The number of nitrogens with two attached hydrogens (primary N) is 1. The lowest BCUT2D eigenvalue weighted by atomic mass is 10.0. The summed E-state index contributed by atoms with van der Waals surface area (Å²) in [7, 11) is 1.92. The summed E-state index contributed by atoms with van der Waals surface area (Å²) < 4.78 is 1.83. The third-order valence-corrected chi connectivity index (χ3v) is 5.33. The highest BCUT2D eigenvalue weighted by atomic mass is 32.1. The summed E-state index contributed by atoms with van der Waals surface area (Å²) in [5.41, 5.74) is 12.7. The fourth-order valence-electron chi connectivity index (χ4n) is 3.36. The second kappa shape index (κ2) is 6.42. The van der Waals surface area contributed by atoms with E-state index in [9.17, 15) is 4.79 Å². The number of carbonyl (C=O) groups is 1. The van der Waals surface area contributed by atoms with E-state index in [2.05, 4.69) is 16.1 Å². The Hall–Kier alpha value is -2.51. The minimum atomic E-state index is -0.0397. The zero-order valence-corrected chi connectivity index (χ0v) is 14.7. The fraction of sp³-hybridized carbons (Fsp3) is 0.278. The zero-order chi connectivity index (χ0) is 17.4. The van der Waals surface area contributed by atoms with Crippen LogP contribution in [0.25, 0.3) is 11.3 Å². The van der Waals surface area contributed by atoms with E-state index in [-0.39, 0.29) is 11.9 Å². The molecule has 4 rings (SSSR count). The topological polar surface area (TPSA) is 77.0 Å². The molecule has 0 bridgehead atoms. The van der Waals surface area contributed by atoms with Crippen molar-refractivity contribution in [2.24, 2.45) is 12.8 Å². The van der Waals surface area contributed by atoms with Crippen LogP contribution >= 0.6 is 11.3 Å². The van der Waals surface area contributed by atoms with E-state index in [0.717, 1.165) is 28.1 Å². The average molecular weight is 353 g/mol. The first-order valence-electron chi connectivity index (χ1n) is 8.16. The van der Waals surface area contributed by atoms with E-state index >= 15 is 0 Å². The number of fused-ring (bicyclic) bond motifs is 1. The zero-order valence-electron chi connectivity index (χ0n) is 13.9. The highest BCUT2D eigenvalue weighted by Crippen LogP contribution is 2.30. The molecule has 0 saturated carbocycles. The molecule has 25 heavy (non-hydrogen) atoms. The summed E-state index contributed by atoms with van der Waals surface area (Å²) in [6.07, 6.45) is 2.46. The summed E-state index contributed by atoms with van der Waals surface area (Å²) in [4.78, 5) is 19.0. The van der Waals surface area contributed by atoms with Gasteiger partial charge >= 0.3 is 0 Å². The molecular weight excluding hydrogens is 334 g/mol. The van der Waals surface area contributed by atoms with Crippen molar-refractivity contribution in [2.45, 2.75) is 19.0 Å². The third kappa shape index (κ3) is 2.85. The molecule has 2 aromatic heterocycles. The van der Waals surface area contributed by atoms with E-state index < -0.39 is 0 Å². The van der Waals surface area contributed by atoms with Gasteiger partial charge in [0.1, 0.15) is 0 Å². The predicted octanol–water partition coefficient (Wildman–Crippen LogP) is 2.07. The molecule has 0 aliphatic carbocycles. The quantitative estimate of drug-likeness (QED) is 0.762. The molecular formula is C18H19N5OS. The van der Waals surface area contributed by atoms with Crippen LogP contribution in [0.4, 0.5) is 0 Å². The van der Waals surface area contributed by atoms with Gasteiger partial charge in [0.25, 0.3) is 5.91 Å². The van der Waals surface area contributed by atoms with Crippen LogP contribution in [0.15, 0.2) is 41.4 Å². The van der Waals surface area contributed by atoms with Crippen LogP contribution in [0.1, 0.15) is 21.6 Å². The molecule has 6 nitrogen and oxygen atoms in total. The lowest BCUT2D eigenvalue weighted by Crippen LogP contribution is -2.42. The Morgan fingerprint density at radius 1 is 1.36 bits per heavy atom. The molecule has 2 N–H and O–H groups in total. The van der Waals surface area contributed by atoms with Crippen molar-refractivity contribution in [3.63, 3.8) is 0 Å². The molecule has 0 saturated heterocycles. The predicted molar refractivity (Wildman–Crippen MR) is 97.2 cm³/mol. The van der Waals surface area contributed by atoms with E-state index in [0.29, 0.717) is 19.5 Å². The van der Waals surface area contributed by atoms with Gasteiger partial charge in [-0.05, 0) is 23.8 Å². The van der Waals surface area contributed by atoms with Gasteiger partial charge in [0, 0.05) is 49.3 Å². The summed E-state index contributed by atoms with van der Waals surface area (Å²) in [6.45, 7) is 1.01. The first kappa shape index (κ1) is 16.0. The van der Waals surface area contributed by atoms with Crippen molar-refractivity contribution in [3.05, 3.63) is 58.2 Å². The second-order valence-electron chi connectivity index (χ2n) is 6.22. The van der Waals surface area contributed by atoms with Gasteiger partial charge in [0.05, 0.1) is 22.9 Å². The number of carbonyl (C=O) groups excluding carboxylic acids is 1. The lowest BCUT2D eigenvalue weighted by Gasteiger charge is -2.26. The fourth-order valence-corrected chi connectivity index (χ4v) is 3.93. The number of hydrogen-bond acceptors (Lipinski definition) is 5. The van der Waals surface area contributed by atoms with Gasteiger partial charge in [-0.2, -0.15) is 5.10 Å². The van der Waals surface area contributed by atoms with Gasteiger partial charge in [-0.25, -0.2) is 4.98 Å². The number of aryl methyl sites for hydroxylation is 1. The van der Waals surface area contributed by atoms with Gasteiger partial charge in [0.2, 0.25) is 0 Å². The molecule has 3 heterocycles. The number of thiazole rings is 1. The van der Waals surface area contributed by atoms with Crippen LogP contribution in [0.3, 0.4) is 0 Å². The Labute approximate surface area is 149 Å². The average Bonchev–Trinajstić information content (AvgIpc) is 3.34. The maximum Gasteiger partial charge on any atom is 0.254 e. The van der Waals surface area contributed by atoms with E-state index in [4.69, 9.17) is 5.73 Å². The third-order valence-electron chi connectivity index (χ3n) is 4.69. The van der Waals surface area contributed by atoms with Crippen LogP contribution in [0.5, 0.6) is 0 Å². The molecule has 1 aromatic carbocycles. The molecule has 128 valence electrons. The van der Waals surface area contributed by atoms with Crippen molar-refractivity contribution >= 4 is 17.2 Å². The molecule has 0 unspecified atom stereocenters. The van der Waals surface area contributed by atoms with Crippen LogP contribution in [0, 0.1) is 0 Å². The molecule has 7 heteroatoms. The maximum absolute atomic E-state index is 12.8. The Bertz CT molecular complexity index is 902. The minimum absolute atomic E-state index is 0.0397. The Morgan fingerprint density at radius 3 is 2.92 bits per heavy atom. The second-order valence-corrected chi connectivity index (χ2v) is 6.94. The first-order valence-corrected chi connectivity index (χ1v) is 9.11. The van der Waals surface area contributed by atoms with Crippen LogP contribution in [-0.2, 0) is 20.0 Å². The number of nitrogens with zero attached hydrogens (tertiary/aromatic N) is 4. The molecule has 1 aliphatic rings. The van der Waals surface area contributed by atoms with Crippen molar-refractivity contribution < 1.29 is 4.79 Å². The van der Waals surface area contributed by atoms with Gasteiger partial charge in [-0.15, -0.1) is 11.3 Å². The van der Waals surface area contributed by atoms with Crippen LogP contribution < -0.4 is 5.73 Å². The van der Waals surface area contributed by atoms with Crippen molar-refractivity contribution in [3.8, 4) is 11.3 Å². The standard InChI is InChI=1S/C18H19N5OS/c1-22-17(4-5-21-22)12-2-3-16-13(6-12)9-23(18(16)24)15(8-19)7-14-10-25-11-20-14/h2-6,10-11,15H,7-9,19H2,1H3/t15-/m0/s1. The maximum atomic E-state index is 12.8. The monoisotopic (exact) mass is 353 g/mol. The van der Waals surface area contributed by atoms with E-state index in [1.165, 1.54) is 0 Å². The molecule has 1 atom stereocenters. The van der Waals surface area contributed by atoms with Crippen molar-refractivity contribution in [1.82, 2.24) is 19.7 Å². The number of amides is 1. The smallest absolute Gasteiger partial charge is 0.254 e. The Kier molecular flexibility index (Phi) is 4.10. The lowest BCUT2D eigenvalue weighted by molar-refractivity contribution is 0.0707. The van der Waals surface area contributed by atoms with Crippen LogP contribution in [0.2, 0.25) is 0 Å². The van der Waals surface area contributed by atoms with Gasteiger partial charge in [0.15, 0.2) is 0 Å². The summed E-state index contributed by atoms with van der Waals surface area (Å²) >= 11 is 1.56. The molecule has 0 fully saturated rings. The Balaban J connectivity index is 1.61. The highest BCUT2D eigenvalue weighted by Gasteiger charge is 2.32. The molecule has 1 aliphatic heterocycles. The van der Waals surface area contributed by atoms with Gasteiger partial charge in [-0.3, -0.25) is 9.48 Å². The van der Waals surface area contributed by atoms with E-state index in [1.807, 2.05) is 45.7 Å².